The molecule has 4 rings (SSSR count). The van der Waals surface area contributed by atoms with Crippen molar-refractivity contribution in [1.29, 1.82) is 0 Å². The van der Waals surface area contributed by atoms with E-state index in [1.807, 2.05) is 30.3 Å². The number of carbonyl (C=O) groups is 1. The summed E-state index contributed by atoms with van der Waals surface area (Å²) in [6.07, 6.45) is -0.927. The number of halogens is 2. The Morgan fingerprint density at radius 3 is 2.54 bits per heavy atom. The summed E-state index contributed by atoms with van der Waals surface area (Å²) in [5.41, 5.74) is 1.99. The van der Waals surface area contributed by atoms with Crippen LogP contribution in [0.4, 0.5) is 13.6 Å². The number of likely N-dealkylation sites (N-methyl/N-ethyl adjacent to an activating group) is 1. The number of urea groups is 1. The molecule has 2 aromatic rings. The molecule has 2 amide bonds. The number of nitrogens with zero attached hydrogens (tertiary/aromatic N) is 3. The van der Waals surface area contributed by atoms with Crippen molar-refractivity contribution in [3.05, 3.63) is 77.1 Å². The van der Waals surface area contributed by atoms with Crippen LogP contribution >= 0.6 is 0 Å². The van der Waals surface area contributed by atoms with E-state index in [0.717, 1.165) is 11.6 Å². The van der Waals surface area contributed by atoms with Gasteiger partial charge in [0, 0.05) is 52.3 Å². The molecular formula is C25H31F2N5O3. The zero-order chi connectivity index (χ0) is 25.1. The van der Waals surface area contributed by atoms with Crippen molar-refractivity contribution < 1.29 is 23.4 Å². The molecule has 188 valence electrons. The normalized spacial score (nSPS) is 23.3. The number of carbonyl (C=O) groups excluding carboxylic acids is 1. The van der Waals surface area contributed by atoms with Gasteiger partial charge in [-0.15, -0.1) is 0 Å². The largest absolute Gasteiger partial charge is 0.383 e. The van der Waals surface area contributed by atoms with E-state index in [2.05, 4.69) is 15.5 Å². The number of ether oxygens (including phenoxy) is 1. The molecule has 0 spiro atoms. The summed E-state index contributed by atoms with van der Waals surface area (Å²) in [7, 11) is 5.10. The van der Waals surface area contributed by atoms with E-state index in [9.17, 15) is 18.7 Å². The van der Waals surface area contributed by atoms with Gasteiger partial charge in [0.25, 0.3) is 0 Å². The first-order chi connectivity index (χ1) is 16.8. The van der Waals surface area contributed by atoms with Crippen LogP contribution in [0.3, 0.4) is 0 Å². The highest BCUT2D eigenvalue weighted by Gasteiger charge is 2.38. The van der Waals surface area contributed by atoms with E-state index in [1.165, 1.54) is 6.07 Å². The smallest absolute Gasteiger partial charge is 0.320 e. The molecule has 0 bridgehead atoms. The Hall–Kier alpha value is -3.05. The van der Waals surface area contributed by atoms with Gasteiger partial charge < -0.3 is 15.2 Å². The fraction of sp³-hybridized carbons (Fsp3) is 0.400. The van der Waals surface area contributed by atoms with E-state index in [4.69, 9.17) is 4.74 Å². The highest BCUT2D eigenvalue weighted by atomic mass is 19.2. The molecule has 8 nitrogen and oxygen atoms in total. The van der Waals surface area contributed by atoms with Crippen LogP contribution in [-0.2, 0) is 4.74 Å². The van der Waals surface area contributed by atoms with E-state index >= 15 is 0 Å². The van der Waals surface area contributed by atoms with Gasteiger partial charge in [-0.25, -0.2) is 13.6 Å². The Bertz CT molecular complexity index is 1080. The van der Waals surface area contributed by atoms with Crippen molar-refractivity contribution in [2.75, 3.05) is 47.4 Å². The summed E-state index contributed by atoms with van der Waals surface area (Å²) in [5, 5.41) is 20.0. The van der Waals surface area contributed by atoms with Crippen molar-refractivity contribution in [3.8, 4) is 0 Å². The number of nitrogens with one attached hydrogen (secondary N) is 2. The Kier molecular flexibility index (Phi) is 7.66. The van der Waals surface area contributed by atoms with Gasteiger partial charge in [-0.2, -0.15) is 5.01 Å². The number of aliphatic hydroxyl groups is 1. The van der Waals surface area contributed by atoms with Gasteiger partial charge in [0.2, 0.25) is 0 Å². The summed E-state index contributed by atoms with van der Waals surface area (Å²) < 4.78 is 32.7. The second kappa shape index (κ2) is 10.7. The molecule has 35 heavy (non-hydrogen) atoms. The van der Waals surface area contributed by atoms with Crippen LogP contribution in [-0.4, -0.2) is 85.8 Å². The highest BCUT2D eigenvalue weighted by Crippen LogP contribution is 2.32. The number of aliphatic hydroxyl groups excluding tert-OH is 1. The predicted molar refractivity (Wildman–Crippen MR) is 128 cm³/mol. The number of benzene rings is 2. The Morgan fingerprint density at radius 2 is 1.86 bits per heavy atom. The first-order valence-electron chi connectivity index (χ1n) is 11.5. The second-order valence-electron chi connectivity index (χ2n) is 8.84. The van der Waals surface area contributed by atoms with Crippen molar-refractivity contribution in [2.24, 2.45) is 0 Å². The molecular weight excluding hydrogens is 456 g/mol. The van der Waals surface area contributed by atoms with Crippen LogP contribution in [0.15, 0.2) is 54.4 Å². The molecule has 3 atom stereocenters. The van der Waals surface area contributed by atoms with Gasteiger partial charge >= 0.3 is 6.03 Å². The maximum atomic E-state index is 14.0. The summed E-state index contributed by atoms with van der Waals surface area (Å²) >= 11 is 0. The van der Waals surface area contributed by atoms with Crippen LogP contribution in [0.2, 0.25) is 0 Å². The van der Waals surface area contributed by atoms with E-state index < -0.39 is 23.9 Å². The van der Waals surface area contributed by atoms with E-state index in [1.54, 1.807) is 37.3 Å². The summed E-state index contributed by atoms with van der Waals surface area (Å²) in [4.78, 5) is 15.3. The quantitative estimate of drug-likeness (QED) is 0.556. The molecule has 3 N–H and O–H groups in total. The molecule has 2 aliphatic heterocycles. The van der Waals surface area contributed by atoms with Gasteiger partial charge in [0.15, 0.2) is 17.9 Å². The molecule has 1 fully saturated rings. The third kappa shape index (κ3) is 5.30. The third-order valence-corrected chi connectivity index (χ3v) is 6.68. The minimum atomic E-state index is -0.927. The lowest BCUT2D eigenvalue weighted by Gasteiger charge is -2.27. The first-order valence-corrected chi connectivity index (χ1v) is 11.5. The van der Waals surface area contributed by atoms with Crippen LogP contribution in [0, 0.1) is 11.6 Å². The van der Waals surface area contributed by atoms with E-state index in [0.29, 0.717) is 43.2 Å². The lowest BCUT2D eigenvalue weighted by Crippen LogP contribution is -2.47. The number of rotatable bonds is 7. The number of amides is 2. The molecule has 1 unspecified atom stereocenters. The lowest BCUT2D eigenvalue weighted by atomic mass is 9.94. The average Bonchev–Trinajstić information content (AvgIpc) is 3.34. The molecule has 0 aromatic heterocycles. The molecule has 0 aliphatic carbocycles. The third-order valence-electron chi connectivity index (χ3n) is 6.68. The van der Waals surface area contributed by atoms with Gasteiger partial charge in [0.1, 0.15) is 5.82 Å². The monoisotopic (exact) mass is 487 g/mol. The first kappa shape index (κ1) is 25.1. The highest BCUT2D eigenvalue weighted by molar-refractivity contribution is 5.81. The fourth-order valence-corrected chi connectivity index (χ4v) is 4.68. The SMILES string of the molecule is COCCN1C[C@@H](NC(=O)NC2=C(c3ccccc3)C(O)N(C)N2C)[C@H](c2ccc(F)c(F)c2)C1. The van der Waals surface area contributed by atoms with Gasteiger partial charge in [-0.1, -0.05) is 36.4 Å². The fourth-order valence-electron chi connectivity index (χ4n) is 4.68. The molecule has 2 aromatic carbocycles. The minimum Gasteiger partial charge on any atom is -0.383 e. The maximum Gasteiger partial charge on any atom is 0.320 e. The lowest BCUT2D eigenvalue weighted by molar-refractivity contribution is -0.0374. The number of hydrogen-bond acceptors (Lipinski definition) is 6. The minimum absolute atomic E-state index is 0.232. The summed E-state index contributed by atoms with van der Waals surface area (Å²) in [6, 6.07) is 12.4. The van der Waals surface area contributed by atoms with Crippen LogP contribution in [0.1, 0.15) is 17.0 Å². The standard InChI is InChI=1S/C25H31F2N5O3/c1-30-23(22(24(33)31(30)2)16-7-5-4-6-8-16)29-25(34)28-21-15-32(11-12-35-3)14-18(21)17-9-10-19(26)20(27)13-17/h4-10,13,18,21,24,33H,11-12,14-15H2,1-3H3,(H2,28,29,34)/t18-,21+,24?/m0/s1. The Labute approximate surface area is 203 Å². The van der Waals surface area contributed by atoms with Gasteiger partial charge in [-0.05, 0) is 23.3 Å². The topological polar surface area (TPSA) is 80.3 Å². The second-order valence-corrected chi connectivity index (χ2v) is 8.84. The number of hydrazine groups is 1. The molecule has 10 heteroatoms. The predicted octanol–water partition coefficient (Wildman–Crippen LogP) is 2.16. The van der Waals surface area contributed by atoms with Crippen molar-refractivity contribution in [3.63, 3.8) is 0 Å². The molecule has 0 radical (unpaired) electrons. The zero-order valence-electron chi connectivity index (χ0n) is 20.0. The Balaban J connectivity index is 1.55. The van der Waals surface area contributed by atoms with Crippen molar-refractivity contribution in [2.45, 2.75) is 18.2 Å². The van der Waals surface area contributed by atoms with Gasteiger partial charge in [-0.3, -0.25) is 15.2 Å². The van der Waals surface area contributed by atoms with Crippen molar-refractivity contribution in [1.82, 2.24) is 25.6 Å². The maximum absolute atomic E-state index is 14.0. The van der Waals surface area contributed by atoms with Crippen molar-refractivity contribution >= 4 is 11.6 Å². The Morgan fingerprint density at radius 1 is 1.11 bits per heavy atom. The van der Waals surface area contributed by atoms with Crippen LogP contribution in [0.5, 0.6) is 0 Å². The molecule has 2 aliphatic rings. The molecule has 1 saturated heterocycles. The van der Waals surface area contributed by atoms with Gasteiger partial charge in [0.05, 0.1) is 12.6 Å². The molecule has 0 saturated carbocycles. The summed E-state index contributed by atoms with van der Waals surface area (Å²) in [5.74, 6) is -1.59. The van der Waals surface area contributed by atoms with Crippen LogP contribution < -0.4 is 10.6 Å². The number of likely N-dealkylation sites (tertiary alicyclic amines) is 1. The number of methoxy groups -OCH3 is 1. The average molecular weight is 488 g/mol. The summed E-state index contributed by atoms with van der Waals surface area (Å²) in [6.45, 7) is 2.27. The zero-order valence-corrected chi connectivity index (χ0v) is 20.0. The molecule has 2 heterocycles. The van der Waals surface area contributed by atoms with Crippen LogP contribution in [0.25, 0.3) is 5.57 Å². The van der Waals surface area contributed by atoms with E-state index in [-0.39, 0.29) is 12.0 Å². The number of hydrogen-bond donors (Lipinski definition) is 3.